The lowest BCUT2D eigenvalue weighted by Crippen LogP contribution is -2.36. The number of carbonyl (C=O) groups excluding carboxylic acids is 1. The molecule has 1 rings (SSSR count). The number of carbonyl (C=O) groups is 1. The highest BCUT2D eigenvalue weighted by Gasteiger charge is 2.22. The lowest BCUT2D eigenvalue weighted by atomic mass is 9.85. The van der Waals surface area contributed by atoms with Crippen LogP contribution in [0.5, 0.6) is 5.75 Å². The third-order valence-corrected chi connectivity index (χ3v) is 3.46. The van der Waals surface area contributed by atoms with E-state index >= 15 is 0 Å². The first-order valence-corrected chi connectivity index (χ1v) is 7.00. The fourth-order valence-corrected chi connectivity index (χ4v) is 2.20. The number of amides is 1. The molecule has 1 aromatic carbocycles. The van der Waals surface area contributed by atoms with Gasteiger partial charge < -0.3 is 20.5 Å². The maximum absolute atomic E-state index is 11.7. The van der Waals surface area contributed by atoms with E-state index in [2.05, 4.69) is 20.8 Å². The average molecular weight is 294 g/mol. The Morgan fingerprint density at radius 2 is 2.00 bits per heavy atom. The summed E-state index contributed by atoms with van der Waals surface area (Å²) in [4.78, 5) is 13.0. The summed E-state index contributed by atoms with van der Waals surface area (Å²) in [5.41, 5.74) is 8.38. The molecule has 3 N–H and O–H groups in total. The van der Waals surface area contributed by atoms with E-state index < -0.39 is 6.23 Å². The van der Waals surface area contributed by atoms with E-state index in [0.717, 1.165) is 11.1 Å². The van der Waals surface area contributed by atoms with Crippen molar-refractivity contribution in [2.24, 2.45) is 0 Å². The lowest BCUT2D eigenvalue weighted by Gasteiger charge is -2.27. The zero-order chi connectivity index (χ0) is 16.4. The van der Waals surface area contributed by atoms with Gasteiger partial charge in [0, 0.05) is 12.5 Å². The van der Waals surface area contributed by atoms with E-state index in [0.29, 0.717) is 11.4 Å². The molecular formula is C16H26N2O3. The van der Waals surface area contributed by atoms with Gasteiger partial charge in [-0.3, -0.25) is 4.79 Å². The Morgan fingerprint density at radius 3 is 2.38 bits per heavy atom. The molecule has 21 heavy (non-hydrogen) atoms. The molecule has 0 saturated carbocycles. The Kier molecular flexibility index (Phi) is 5.23. The van der Waals surface area contributed by atoms with Gasteiger partial charge in [-0.25, -0.2) is 0 Å². The Bertz CT molecular complexity index is 519. The monoisotopic (exact) mass is 294 g/mol. The third kappa shape index (κ3) is 4.11. The normalized spacial score (nSPS) is 12.9. The number of rotatable bonds is 4. The number of nitrogen functional groups attached to an aromatic ring is 1. The summed E-state index contributed by atoms with van der Waals surface area (Å²) in [5, 5.41) is 9.74. The second kappa shape index (κ2) is 6.35. The molecule has 1 unspecified atom stereocenters. The minimum absolute atomic E-state index is 0.0684. The number of nitrogens with two attached hydrogens (primary N) is 1. The second-order valence-corrected chi connectivity index (χ2v) is 6.29. The Labute approximate surface area is 126 Å². The van der Waals surface area contributed by atoms with Crippen LogP contribution in [0, 0.1) is 0 Å². The van der Waals surface area contributed by atoms with E-state index in [1.54, 1.807) is 14.0 Å². The van der Waals surface area contributed by atoms with Crippen molar-refractivity contribution in [3.8, 4) is 5.75 Å². The zero-order valence-corrected chi connectivity index (χ0v) is 13.7. The summed E-state index contributed by atoms with van der Waals surface area (Å²) in [7, 11) is 1.55. The topological polar surface area (TPSA) is 75.8 Å². The second-order valence-electron chi connectivity index (χ2n) is 6.29. The molecule has 1 amide bonds. The summed E-state index contributed by atoms with van der Waals surface area (Å²) in [6.07, 6.45) is -0.869. The highest BCUT2D eigenvalue weighted by molar-refractivity contribution is 5.73. The number of anilines is 1. The van der Waals surface area contributed by atoms with Crippen LogP contribution in [0.25, 0.3) is 0 Å². The number of ether oxygens (including phenoxy) is 1. The molecule has 0 aliphatic rings. The minimum Gasteiger partial charge on any atom is -0.494 e. The molecule has 118 valence electrons. The smallest absolute Gasteiger partial charge is 0.221 e. The number of hydrogen-bond acceptors (Lipinski definition) is 4. The molecule has 0 radical (unpaired) electrons. The number of hydrogen-bond donors (Lipinski definition) is 2. The molecule has 5 heteroatoms. The van der Waals surface area contributed by atoms with Crippen LogP contribution in [-0.4, -0.2) is 29.3 Å². The van der Waals surface area contributed by atoms with Crippen LogP contribution >= 0.6 is 0 Å². The van der Waals surface area contributed by atoms with Gasteiger partial charge >= 0.3 is 0 Å². The van der Waals surface area contributed by atoms with Gasteiger partial charge in [-0.15, -0.1) is 0 Å². The third-order valence-electron chi connectivity index (χ3n) is 3.46. The van der Waals surface area contributed by atoms with Crippen molar-refractivity contribution in [1.82, 2.24) is 4.90 Å². The summed E-state index contributed by atoms with van der Waals surface area (Å²) < 4.78 is 5.36. The van der Waals surface area contributed by atoms with E-state index in [-0.39, 0.29) is 17.9 Å². The fourth-order valence-electron chi connectivity index (χ4n) is 2.20. The van der Waals surface area contributed by atoms with Gasteiger partial charge in [-0.1, -0.05) is 20.8 Å². The van der Waals surface area contributed by atoms with Crippen molar-refractivity contribution in [1.29, 1.82) is 0 Å². The van der Waals surface area contributed by atoms with Gasteiger partial charge in [0.05, 0.1) is 19.3 Å². The maximum Gasteiger partial charge on any atom is 0.221 e. The van der Waals surface area contributed by atoms with Crippen molar-refractivity contribution >= 4 is 11.6 Å². The lowest BCUT2D eigenvalue weighted by molar-refractivity contribution is -0.138. The van der Waals surface area contributed by atoms with Gasteiger partial charge in [0.25, 0.3) is 0 Å². The Morgan fingerprint density at radius 1 is 1.43 bits per heavy atom. The number of aliphatic hydroxyl groups is 1. The summed E-state index contributed by atoms with van der Waals surface area (Å²) >= 11 is 0. The zero-order valence-electron chi connectivity index (χ0n) is 13.7. The number of methoxy groups -OCH3 is 1. The van der Waals surface area contributed by atoms with E-state index in [9.17, 15) is 9.90 Å². The predicted octanol–water partition coefficient (Wildman–Crippen LogP) is 2.26. The number of nitrogens with zero attached hydrogens (tertiary/aromatic N) is 1. The first-order chi connectivity index (χ1) is 9.57. The van der Waals surface area contributed by atoms with Crippen LogP contribution in [0.4, 0.5) is 5.69 Å². The van der Waals surface area contributed by atoms with E-state index in [1.165, 1.54) is 11.8 Å². The van der Waals surface area contributed by atoms with Crippen LogP contribution in [0.2, 0.25) is 0 Å². The van der Waals surface area contributed by atoms with Crippen LogP contribution in [0.1, 0.15) is 45.7 Å². The van der Waals surface area contributed by atoms with Gasteiger partial charge in [0.2, 0.25) is 5.91 Å². The molecule has 1 aromatic rings. The quantitative estimate of drug-likeness (QED) is 0.660. The van der Waals surface area contributed by atoms with Crippen molar-refractivity contribution in [2.75, 3.05) is 12.8 Å². The fraction of sp³-hybridized carbons (Fsp3) is 0.562. The summed E-state index contributed by atoms with van der Waals surface area (Å²) in [6, 6.07) is 3.87. The molecule has 0 heterocycles. The van der Waals surface area contributed by atoms with Crippen molar-refractivity contribution in [2.45, 2.75) is 52.8 Å². The molecule has 0 fully saturated rings. The largest absolute Gasteiger partial charge is 0.494 e. The van der Waals surface area contributed by atoms with E-state index in [4.69, 9.17) is 10.5 Å². The van der Waals surface area contributed by atoms with Gasteiger partial charge in [0.15, 0.2) is 0 Å². The maximum atomic E-state index is 11.7. The van der Waals surface area contributed by atoms with Crippen molar-refractivity contribution in [3.05, 3.63) is 23.3 Å². The first-order valence-electron chi connectivity index (χ1n) is 7.00. The first kappa shape index (κ1) is 17.3. The molecule has 0 spiro atoms. The summed E-state index contributed by atoms with van der Waals surface area (Å²) in [6.45, 7) is 9.52. The van der Waals surface area contributed by atoms with Crippen LogP contribution in [0.15, 0.2) is 12.1 Å². The van der Waals surface area contributed by atoms with Crippen molar-refractivity contribution < 1.29 is 14.6 Å². The molecule has 0 bridgehead atoms. The number of benzene rings is 1. The molecular weight excluding hydrogens is 268 g/mol. The summed E-state index contributed by atoms with van der Waals surface area (Å²) in [5.74, 6) is 0.349. The van der Waals surface area contributed by atoms with Crippen molar-refractivity contribution in [3.63, 3.8) is 0 Å². The van der Waals surface area contributed by atoms with Gasteiger partial charge in [-0.2, -0.15) is 0 Å². The highest BCUT2D eigenvalue weighted by atomic mass is 16.5. The molecule has 0 aliphatic carbocycles. The number of aliphatic hydroxyl groups excluding tert-OH is 1. The predicted molar refractivity (Wildman–Crippen MR) is 84.0 cm³/mol. The van der Waals surface area contributed by atoms with Crippen LogP contribution in [0.3, 0.4) is 0 Å². The Balaban J connectivity index is 3.32. The minimum atomic E-state index is -0.869. The highest BCUT2D eigenvalue weighted by Crippen LogP contribution is 2.34. The average Bonchev–Trinajstić information content (AvgIpc) is 2.33. The van der Waals surface area contributed by atoms with E-state index in [1.807, 2.05) is 12.1 Å². The molecule has 0 aromatic heterocycles. The van der Waals surface area contributed by atoms with Crippen LogP contribution < -0.4 is 10.5 Å². The van der Waals surface area contributed by atoms with Gasteiger partial charge in [-0.05, 0) is 30.0 Å². The molecule has 0 saturated heterocycles. The van der Waals surface area contributed by atoms with Crippen LogP contribution in [-0.2, 0) is 16.8 Å². The molecule has 1 atom stereocenters. The molecule has 0 aliphatic heterocycles. The SMILES string of the molecule is COc1c(N)cc(C(C)(C)C)cc1CN(C(C)=O)C(C)O. The molecule has 5 nitrogen and oxygen atoms in total. The standard InChI is InChI=1S/C16H26N2O3/c1-10(19)18(11(2)20)9-12-7-13(16(3,4)5)8-14(17)15(12)21-6/h7-8,10,19H,9,17H2,1-6H3. The van der Waals surface area contributed by atoms with Gasteiger partial charge in [0.1, 0.15) is 12.0 Å². The Hall–Kier alpha value is -1.75.